The molecule has 162 valence electrons. The Labute approximate surface area is 182 Å². The van der Waals surface area contributed by atoms with Gasteiger partial charge in [0, 0.05) is 24.1 Å². The molecule has 3 saturated carbocycles. The van der Waals surface area contributed by atoms with Gasteiger partial charge in [-0.2, -0.15) is 0 Å². The zero-order chi connectivity index (χ0) is 21.4. The van der Waals surface area contributed by atoms with Gasteiger partial charge in [-0.05, 0) is 61.8 Å². The molecular formula is C25H29N3O3. The fourth-order valence-electron chi connectivity index (χ4n) is 5.83. The summed E-state index contributed by atoms with van der Waals surface area (Å²) < 4.78 is 5.40. The number of anilines is 1. The van der Waals surface area contributed by atoms with E-state index in [0.717, 1.165) is 49.1 Å². The van der Waals surface area contributed by atoms with E-state index in [-0.39, 0.29) is 29.6 Å². The maximum absolute atomic E-state index is 13.0. The van der Waals surface area contributed by atoms with Crippen LogP contribution in [0.1, 0.15) is 41.6 Å². The number of carbonyl (C=O) groups is 2. The number of rotatable bonds is 5. The molecule has 4 atom stereocenters. The molecule has 1 spiro atoms. The SMILES string of the molecule is COc1ccccc1CCNC(=O)C1CC2CCC1C[C@@]21NC(=O)c2ccccc2N1. The number of nitrogens with one attached hydrogen (secondary N) is 3. The third-order valence-corrected chi connectivity index (χ3v) is 7.36. The highest BCUT2D eigenvalue weighted by atomic mass is 16.5. The van der Waals surface area contributed by atoms with E-state index in [9.17, 15) is 9.59 Å². The molecule has 0 aromatic heterocycles. The highest BCUT2D eigenvalue weighted by Crippen LogP contribution is 2.51. The molecular weight excluding hydrogens is 390 g/mol. The van der Waals surface area contributed by atoms with Crippen molar-refractivity contribution in [1.82, 2.24) is 10.6 Å². The number of carbonyl (C=O) groups excluding carboxylic acids is 2. The quantitative estimate of drug-likeness (QED) is 0.695. The monoisotopic (exact) mass is 419 g/mol. The van der Waals surface area contributed by atoms with Crippen LogP contribution < -0.4 is 20.7 Å². The number of fused-ring (bicyclic) bond motifs is 3. The van der Waals surface area contributed by atoms with E-state index in [1.807, 2.05) is 48.5 Å². The molecule has 6 nitrogen and oxygen atoms in total. The van der Waals surface area contributed by atoms with Crippen molar-refractivity contribution in [3.8, 4) is 5.75 Å². The molecule has 2 aromatic carbocycles. The number of methoxy groups -OCH3 is 1. The Bertz CT molecular complexity index is 1010. The molecule has 0 radical (unpaired) electrons. The third kappa shape index (κ3) is 3.54. The van der Waals surface area contributed by atoms with E-state index >= 15 is 0 Å². The van der Waals surface area contributed by atoms with E-state index in [2.05, 4.69) is 16.0 Å². The predicted octanol–water partition coefficient (Wildman–Crippen LogP) is 3.34. The highest BCUT2D eigenvalue weighted by molar-refractivity contribution is 6.02. The van der Waals surface area contributed by atoms with Crippen LogP contribution in [0.25, 0.3) is 0 Å². The minimum absolute atomic E-state index is 0.0120. The minimum Gasteiger partial charge on any atom is -0.496 e. The van der Waals surface area contributed by atoms with Crippen LogP contribution in [-0.4, -0.2) is 31.1 Å². The lowest BCUT2D eigenvalue weighted by Crippen LogP contribution is -2.68. The third-order valence-electron chi connectivity index (χ3n) is 7.36. The van der Waals surface area contributed by atoms with Crippen LogP contribution in [0.15, 0.2) is 48.5 Å². The minimum atomic E-state index is -0.428. The van der Waals surface area contributed by atoms with Crippen molar-refractivity contribution in [2.75, 3.05) is 19.0 Å². The summed E-state index contributed by atoms with van der Waals surface area (Å²) >= 11 is 0. The van der Waals surface area contributed by atoms with Gasteiger partial charge in [0.05, 0.1) is 12.7 Å². The van der Waals surface area contributed by atoms with Gasteiger partial charge in [-0.3, -0.25) is 9.59 Å². The maximum Gasteiger partial charge on any atom is 0.255 e. The Hall–Kier alpha value is -3.02. The first kappa shape index (κ1) is 19.9. The van der Waals surface area contributed by atoms with Crippen molar-refractivity contribution in [3.63, 3.8) is 0 Å². The van der Waals surface area contributed by atoms with Gasteiger partial charge in [0.2, 0.25) is 5.91 Å². The fourth-order valence-corrected chi connectivity index (χ4v) is 5.83. The largest absolute Gasteiger partial charge is 0.496 e. The maximum atomic E-state index is 13.0. The molecule has 3 unspecified atom stereocenters. The summed E-state index contributed by atoms with van der Waals surface area (Å²) in [6, 6.07) is 15.6. The molecule has 2 bridgehead atoms. The molecule has 3 N–H and O–H groups in total. The van der Waals surface area contributed by atoms with Crippen molar-refractivity contribution >= 4 is 17.5 Å². The van der Waals surface area contributed by atoms with E-state index in [1.54, 1.807) is 7.11 Å². The van der Waals surface area contributed by atoms with Crippen LogP contribution in [0.2, 0.25) is 0 Å². The fraction of sp³-hybridized carbons (Fsp3) is 0.440. The number of para-hydroxylation sites is 2. The van der Waals surface area contributed by atoms with Crippen LogP contribution in [0.5, 0.6) is 5.75 Å². The van der Waals surface area contributed by atoms with Crippen LogP contribution in [0, 0.1) is 17.8 Å². The van der Waals surface area contributed by atoms with Gasteiger partial charge in [-0.1, -0.05) is 30.3 Å². The molecule has 4 aliphatic rings. The second-order valence-corrected chi connectivity index (χ2v) is 9.03. The summed E-state index contributed by atoms with van der Waals surface area (Å²) in [5.41, 5.74) is 2.27. The normalized spacial score (nSPS) is 28.4. The van der Waals surface area contributed by atoms with E-state index in [4.69, 9.17) is 4.74 Å². The zero-order valence-electron chi connectivity index (χ0n) is 17.8. The lowest BCUT2D eigenvalue weighted by molar-refractivity contribution is -0.132. The average molecular weight is 420 g/mol. The topological polar surface area (TPSA) is 79.5 Å². The second kappa shape index (κ2) is 7.91. The summed E-state index contributed by atoms with van der Waals surface area (Å²) in [7, 11) is 1.67. The first-order valence-corrected chi connectivity index (χ1v) is 11.2. The van der Waals surface area contributed by atoms with Crippen molar-refractivity contribution in [1.29, 1.82) is 0 Å². The number of amides is 2. The van der Waals surface area contributed by atoms with Crippen LogP contribution in [0.3, 0.4) is 0 Å². The molecule has 3 fully saturated rings. The van der Waals surface area contributed by atoms with Gasteiger partial charge in [0.1, 0.15) is 11.4 Å². The standard InChI is InChI=1S/C25H29N3O3/c1-31-22-9-5-2-6-16(22)12-13-26-23(29)20-14-18-11-10-17(20)15-25(18)27-21-8-4-3-7-19(21)24(30)28-25/h2-9,17-18,20,27H,10-15H2,1H3,(H,26,29)(H,28,30)/t17?,18?,20?,25-/m1/s1. The summed E-state index contributed by atoms with van der Waals surface area (Å²) in [6.45, 7) is 0.598. The molecule has 31 heavy (non-hydrogen) atoms. The van der Waals surface area contributed by atoms with Crippen LogP contribution in [0.4, 0.5) is 5.69 Å². The number of benzene rings is 2. The molecule has 6 heteroatoms. The van der Waals surface area contributed by atoms with Gasteiger partial charge < -0.3 is 20.7 Å². The lowest BCUT2D eigenvalue weighted by atomic mass is 9.58. The Balaban J connectivity index is 1.23. The van der Waals surface area contributed by atoms with Gasteiger partial charge in [0.25, 0.3) is 5.91 Å². The summed E-state index contributed by atoms with van der Waals surface area (Å²) in [6.07, 6.45) is 4.42. The Kier molecular flexibility index (Phi) is 5.08. The number of hydrogen-bond donors (Lipinski definition) is 3. The van der Waals surface area contributed by atoms with Crippen molar-refractivity contribution in [2.45, 2.75) is 37.8 Å². The molecule has 1 aliphatic heterocycles. The molecule has 3 aliphatic carbocycles. The Morgan fingerprint density at radius 1 is 1.13 bits per heavy atom. The van der Waals surface area contributed by atoms with Crippen LogP contribution in [-0.2, 0) is 11.2 Å². The number of hydrogen-bond acceptors (Lipinski definition) is 4. The van der Waals surface area contributed by atoms with E-state index in [1.165, 1.54) is 0 Å². The highest BCUT2D eigenvalue weighted by Gasteiger charge is 2.55. The summed E-state index contributed by atoms with van der Waals surface area (Å²) in [5.74, 6) is 1.52. The molecule has 6 rings (SSSR count). The van der Waals surface area contributed by atoms with Crippen molar-refractivity contribution < 1.29 is 14.3 Å². The first-order chi connectivity index (χ1) is 15.1. The van der Waals surface area contributed by atoms with Crippen molar-refractivity contribution in [2.24, 2.45) is 17.8 Å². The van der Waals surface area contributed by atoms with Gasteiger partial charge in [-0.25, -0.2) is 0 Å². The first-order valence-electron chi connectivity index (χ1n) is 11.2. The molecule has 0 saturated heterocycles. The van der Waals surface area contributed by atoms with Crippen LogP contribution >= 0.6 is 0 Å². The molecule has 2 amide bonds. The molecule has 1 heterocycles. The lowest BCUT2D eigenvalue weighted by Gasteiger charge is -2.56. The van der Waals surface area contributed by atoms with E-state index in [0.29, 0.717) is 12.1 Å². The predicted molar refractivity (Wildman–Crippen MR) is 119 cm³/mol. The zero-order valence-corrected chi connectivity index (χ0v) is 17.8. The second-order valence-electron chi connectivity index (χ2n) is 9.03. The summed E-state index contributed by atoms with van der Waals surface area (Å²) in [4.78, 5) is 25.8. The van der Waals surface area contributed by atoms with E-state index < -0.39 is 5.66 Å². The van der Waals surface area contributed by atoms with Gasteiger partial charge in [0.15, 0.2) is 0 Å². The smallest absolute Gasteiger partial charge is 0.255 e. The molecule has 2 aromatic rings. The Morgan fingerprint density at radius 2 is 1.94 bits per heavy atom. The van der Waals surface area contributed by atoms with Gasteiger partial charge in [-0.15, -0.1) is 0 Å². The number of ether oxygens (including phenoxy) is 1. The average Bonchev–Trinajstić information content (AvgIpc) is 2.79. The van der Waals surface area contributed by atoms with Gasteiger partial charge >= 0.3 is 0 Å². The summed E-state index contributed by atoms with van der Waals surface area (Å²) in [5, 5.41) is 10.0. The van der Waals surface area contributed by atoms with Crippen molar-refractivity contribution in [3.05, 3.63) is 59.7 Å². The Morgan fingerprint density at radius 3 is 2.74 bits per heavy atom.